The van der Waals surface area contributed by atoms with Crippen LogP contribution in [0.2, 0.25) is 0 Å². The van der Waals surface area contributed by atoms with Gasteiger partial charge in [-0.3, -0.25) is 9.59 Å². The fraction of sp³-hybridized carbons (Fsp3) is 0.185. The fourth-order valence-corrected chi connectivity index (χ4v) is 7.06. The molecule has 2 atom stereocenters. The maximum absolute atomic E-state index is 13.9. The van der Waals surface area contributed by atoms with Crippen LogP contribution < -0.4 is 20.7 Å². The first kappa shape index (κ1) is 24.5. The minimum Gasteiger partial charge on any atom is -0.438 e. The van der Waals surface area contributed by atoms with Gasteiger partial charge in [-0.2, -0.15) is 0 Å². The van der Waals surface area contributed by atoms with E-state index in [1.54, 1.807) is 23.2 Å². The standard InChI is InChI=1S/C27H23N7O4S/c1-3-20(35)34-12-10-16(14-34)29-24(36)23-22-21-18(30-27(37)31-22)9-11-28-26(21)39(23)25-15(2)13-19(32-33-25)38-17-7-5-4-6-8-17/h3-9,11,13,16H,1,10,12,14H2,2H3,(H2-,28,29,30,31,36,37)/p+1/t16-,39?/m1/s1. The summed E-state index contributed by atoms with van der Waals surface area (Å²) in [6.07, 6.45) is 3.48. The number of carbonyl (C=O) groups is 3. The number of carbonyl (C=O) groups excluding carboxylic acids is 3. The molecule has 5 heterocycles. The van der Waals surface area contributed by atoms with Crippen LogP contribution in [0, 0.1) is 6.92 Å². The molecule has 1 unspecified atom stereocenters. The average molecular weight is 543 g/mol. The van der Waals surface area contributed by atoms with Crippen molar-refractivity contribution in [2.24, 2.45) is 0 Å². The molecule has 1 fully saturated rings. The molecule has 1 saturated heterocycles. The highest BCUT2D eigenvalue weighted by molar-refractivity contribution is 7.46. The highest BCUT2D eigenvalue weighted by atomic mass is 32.2. The number of pyridine rings is 1. The molecule has 3 N–H and O–H groups in total. The van der Waals surface area contributed by atoms with Gasteiger partial charge in [0.25, 0.3) is 14.7 Å². The number of aromatic nitrogens is 3. The van der Waals surface area contributed by atoms with Crippen molar-refractivity contribution in [3.63, 3.8) is 0 Å². The molecule has 4 amide bonds. The summed E-state index contributed by atoms with van der Waals surface area (Å²) in [6.45, 7) is 6.31. The van der Waals surface area contributed by atoms with E-state index in [0.29, 0.717) is 62.6 Å². The normalized spacial score (nSPS) is 16.4. The summed E-state index contributed by atoms with van der Waals surface area (Å²) in [4.78, 5) is 45.6. The molecule has 0 radical (unpaired) electrons. The fourth-order valence-electron chi connectivity index (χ4n) is 4.80. The lowest BCUT2D eigenvalue weighted by atomic mass is 10.2. The van der Waals surface area contributed by atoms with Gasteiger partial charge in [-0.25, -0.2) is 9.78 Å². The molecule has 11 nitrogen and oxygen atoms in total. The number of benzene rings is 1. The number of hydrogen-bond donors (Lipinski definition) is 3. The van der Waals surface area contributed by atoms with Gasteiger partial charge in [-0.15, -0.1) is 5.10 Å². The minimum atomic E-state index is -1.06. The quantitative estimate of drug-likeness (QED) is 0.243. The number of nitrogens with zero attached hydrogens (tertiary/aromatic N) is 4. The first-order valence-electron chi connectivity index (χ1n) is 12.3. The van der Waals surface area contributed by atoms with Crippen molar-refractivity contribution in [1.29, 1.82) is 0 Å². The summed E-state index contributed by atoms with van der Waals surface area (Å²) in [5, 5.41) is 18.7. The van der Waals surface area contributed by atoms with Crippen molar-refractivity contribution in [3.05, 3.63) is 71.8 Å². The lowest BCUT2D eigenvalue weighted by Gasteiger charge is -2.16. The maximum atomic E-state index is 13.9. The van der Waals surface area contributed by atoms with E-state index in [1.807, 2.05) is 37.3 Å². The first-order valence-corrected chi connectivity index (χ1v) is 13.5. The van der Waals surface area contributed by atoms with Crippen LogP contribution in [-0.4, -0.2) is 57.1 Å². The van der Waals surface area contributed by atoms with Gasteiger partial charge in [-0.05, 0) is 37.6 Å². The van der Waals surface area contributed by atoms with E-state index in [4.69, 9.17) is 4.74 Å². The number of amides is 4. The van der Waals surface area contributed by atoms with Crippen molar-refractivity contribution in [3.8, 4) is 16.7 Å². The van der Waals surface area contributed by atoms with Crippen LogP contribution in [0.5, 0.6) is 11.6 Å². The third kappa shape index (κ3) is 4.44. The SMILES string of the molecule is C=CC(=O)N1CC[C@@H](NC(=O)c2c3c4c(ccnc4[s+]2-c2nnc(Oc4ccccc4)cc2C)NC(=O)N3)C1. The van der Waals surface area contributed by atoms with Crippen LogP contribution in [0.3, 0.4) is 0 Å². The molecular formula is C27H24N7O4S+. The number of anilines is 2. The largest absolute Gasteiger partial charge is 0.438 e. The van der Waals surface area contributed by atoms with E-state index in [-0.39, 0.29) is 17.9 Å². The molecule has 2 aliphatic rings. The van der Waals surface area contributed by atoms with Crippen LogP contribution in [0.1, 0.15) is 21.7 Å². The monoisotopic (exact) mass is 542 g/mol. The van der Waals surface area contributed by atoms with Gasteiger partial charge in [0.05, 0.1) is 16.2 Å². The molecule has 0 spiro atoms. The van der Waals surface area contributed by atoms with E-state index in [1.165, 1.54) is 6.08 Å². The summed E-state index contributed by atoms with van der Waals surface area (Å²) in [6, 6.07) is 12.0. The van der Waals surface area contributed by atoms with Crippen molar-refractivity contribution in [2.45, 2.75) is 19.4 Å². The van der Waals surface area contributed by atoms with Crippen LogP contribution in [0.4, 0.5) is 16.2 Å². The summed E-state index contributed by atoms with van der Waals surface area (Å²) < 4.78 is 5.85. The molecule has 0 bridgehead atoms. The second kappa shape index (κ2) is 9.80. The van der Waals surface area contributed by atoms with Crippen molar-refractivity contribution < 1.29 is 19.1 Å². The summed E-state index contributed by atoms with van der Waals surface area (Å²) in [5.41, 5.74) is 1.73. The van der Waals surface area contributed by atoms with E-state index in [9.17, 15) is 14.4 Å². The minimum absolute atomic E-state index is 0.176. The van der Waals surface area contributed by atoms with Crippen LogP contribution in [-0.2, 0) is 4.79 Å². The predicted molar refractivity (Wildman–Crippen MR) is 148 cm³/mol. The molecule has 1 aromatic carbocycles. The highest BCUT2D eigenvalue weighted by Gasteiger charge is 2.42. The molecule has 2 aliphatic heterocycles. The summed E-state index contributed by atoms with van der Waals surface area (Å²) in [7, 11) is -1.06. The van der Waals surface area contributed by atoms with Gasteiger partial charge < -0.3 is 25.6 Å². The highest BCUT2D eigenvalue weighted by Crippen LogP contribution is 2.52. The maximum Gasteiger partial charge on any atom is 0.323 e. The van der Waals surface area contributed by atoms with Gasteiger partial charge in [0, 0.05) is 37.0 Å². The van der Waals surface area contributed by atoms with E-state index >= 15 is 0 Å². The molecule has 4 aromatic rings. The van der Waals surface area contributed by atoms with Crippen LogP contribution >= 0.6 is 10.5 Å². The number of aryl methyl sites for hydroxylation is 1. The number of nitrogens with one attached hydrogen (secondary N) is 3. The van der Waals surface area contributed by atoms with Gasteiger partial charge in [0.2, 0.25) is 11.8 Å². The second-order valence-electron chi connectivity index (χ2n) is 9.16. The smallest absolute Gasteiger partial charge is 0.323 e. The van der Waals surface area contributed by atoms with Crippen molar-refractivity contribution in [2.75, 3.05) is 23.7 Å². The third-order valence-electron chi connectivity index (χ3n) is 6.57. The van der Waals surface area contributed by atoms with E-state index in [2.05, 4.69) is 37.7 Å². The number of hydrogen-bond acceptors (Lipinski definition) is 7. The number of rotatable bonds is 6. The van der Waals surface area contributed by atoms with Gasteiger partial charge >= 0.3 is 11.9 Å². The average Bonchev–Trinajstić information content (AvgIpc) is 3.52. The molecule has 12 heteroatoms. The Balaban J connectivity index is 1.42. The number of likely N-dealkylation sites (tertiary alicyclic amines) is 1. The molecular weight excluding hydrogens is 518 g/mol. The predicted octanol–water partition coefficient (Wildman–Crippen LogP) is 4.34. The van der Waals surface area contributed by atoms with Gasteiger partial charge in [-0.1, -0.05) is 29.9 Å². The lowest BCUT2D eigenvalue weighted by molar-refractivity contribution is -0.125. The van der Waals surface area contributed by atoms with E-state index < -0.39 is 16.5 Å². The number of para-hydroxylation sites is 1. The Bertz CT molecular complexity index is 1650. The van der Waals surface area contributed by atoms with Crippen LogP contribution in [0.15, 0.2) is 61.3 Å². The first-order chi connectivity index (χ1) is 18.9. The third-order valence-corrected chi connectivity index (χ3v) is 8.85. The molecule has 6 rings (SSSR count). The topological polar surface area (TPSA) is 138 Å². The van der Waals surface area contributed by atoms with Gasteiger partial charge in [0.1, 0.15) is 16.8 Å². The Kier molecular flexibility index (Phi) is 6.15. The number of ether oxygens (including phenoxy) is 1. The zero-order chi connectivity index (χ0) is 27.1. The Morgan fingerprint density at radius 3 is 2.79 bits per heavy atom. The number of thiophene rings is 1. The zero-order valence-electron chi connectivity index (χ0n) is 20.9. The lowest BCUT2D eigenvalue weighted by Crippen LogP contribution is -2.38. The van der Waals surface area contributed by atoms with Crippen molar-refractivity contribution in [1.82, 2.24) is 25.4 Å². The zero-order valence-corrected chi connectivity index (χ0v) is 21.7. The molecule has 0 saturated carbocycles. The molecule has 39 heavy (non-hydrogen) atoms. The molecule has 3 aromatic heterocycles. The van der Waals surface area contributed by atoms with Crippen LogP contribution in [0.25, 0.3) is 15.2 Å². The Morgan fingerprint density at radius 1 is 1.21 bits per heavy atom. The Labute approximate surface area is 225 Å². The second-order valence-corrected chi connectivity index (χ2v) is 11.0. The Morgan fingerprint density at radius 2 is 2.03 bits per heavy atom. The van der Waals surface area contributed by atoms with Crippen molar-refractivity contribution >= 4 is 49.9 Å². The van der Waals surface area contributed by atoms with E-state index in [0.717, 1.165) is 5.56 Å². The molecule has 0 aliphatic carbocycles. The Hall–Kier alpha value is -4.84. The summed E-state index contributed by atoms with van der Waals surface area (Å²) in [5.74, 6) is 0.411. The molecule has 196 valence electrons. The van der Waals surface area contributed by atoms with Gasteiger partial charge in [0.15, 0.2) is 0 Å². The summed E-state index contributed by atoms with van der Waals surface area (Å²) >= 11 is 0. The number of urea groups is 1.